The van der Waals surface area contributed by atoms with Gasteiger partial charge < -0.3 is 26.4 Å². The first-order valence-corrected chi connectivity index (χ1v) is 6.07. The van der Waals surface area contributed by atoms with Crippen LogP contribution in [-0.2, 0) is 19.2 Å². The Labute approximate surface area is 119 Å². The first-order valence-electron chi connectivity index (χ1n) is 6.07. The molecule has 112 valence electrons. The summed E-state index contributed by atoms with van der Waals surface area (Å²) in [6.07, 6.45) is 1.17. The average Bonchev–Trinajstić information content (AvgIpc) is 2.80. The zero-order valence-corrected chi connectivity index (χ0v) is 11.0. The average molecular weight is 294 g/mol. The van der Waals surface area contributed by atoms with E-state index in [-0.39, 0.29) is 43.1 Å². The summed E-state index contributed by atoms with van der Waals surface area (Å²) in [5.41, 5.74) is 10.3. The molecule has 0 unspecified atom stereocenters. The van der Waals surface area contributed by atoms with Crippen LogP contribution in [0.5, 0.6) is 0 Å². The Kier molecular flexibility index (Phi) is 3.66. The van der Waals surface area contributed by atoms with E-state index in [9.17, 15) is 24.3 Å². The van der Waals surface area contributed by atoms with E-state index in [1.165, 1.54) is 6.08 Å². The molecule has 4 amide bonds. The molecule has 5 N–H and O–H groups in total. The van der Waals surface area contributed by atoms with Crippen molar-refractivity contribution in [2.75, 3.05) is 26.2 Å². The Hall–Kier alpha value is -2.84. The SMILES string of the molecule is NC(=O)CN1CC(C2=C(O)CN(CC(N)=O)C2=O)=CC1=O. The van der Waals surface area contributed by atoms with Gasteiger partial charge in [-0.3, -0.25) is 19.2 Å². The molecule has 2 aliphatic heterocycles. The second-order valence-electron chi connectivity index (χ2n) is 4.78. The van der Waals surface area contributed by atoms with Crippen LogP contribution in [0.25, 0.3) is 0 Å². The fraction of sp³-hybridized carbons (Fsp3) is 0.333. The second kappa shape index (κ2) is 5.27. The van der Waals surface area contributed by atoms with Crippen molar-refractivity contribution in [1.82, 2.24) is 9.80 Å². The number of carbonyl (C=O) groups is 4. The van der Waals surface area contributed by atoms with Gasteiger partial charge >= 0.3 is 0 Å². The summed E-state index contributed by atoms with van der Waals surface area (Å²) in [7, 11) is 0. The molecule has 9 nitrogen and oxygen atoms in total. The molecule has 0 aromatic heterocycles. The number of amides is 4. The number of rotatable bonds is 5. The van der Waals surface area contributed by atoms with Crippen LogP contribution in [-0.4, -0.2) is 64.7 Å². The fourth-order valence-corrected chi connectivity index (χ4v) is 2.29. The zero-order valence-electron chi connectivity index (χ0n) is 11.0. The Balaban J connectivity index is 2.16. The van der Waals surface area contributed by atoms with Gasteiger partial charge in [0.05, 0.1) is 18.7 Å². The minimum absolute atomic E-state index is 0.00266. The number of nitrogens with zero attached hydrogens (tertiary/aromatic N) is 2. The van der Waals surface area contributed by atoms with Crippen molar-refractivity contribution in [3.63, 3.8) is 0 Å². The maximum Gasteiger partial charge on any atom is 0.258 e. The molecule has 0 radical (unpaired) electrons. The van der Waals surface area contributed by atoms with Crippen LogP contribution in [0.3, 0.4) is 0 Å². The van der Waals surface area contributed by atoms with Crippen LogP contribution < -0.4 is 11.5 Å². The number of aliphatic hydroxyl groups is 1. The quantitative estimate of drug-likeness (QED) is 0.508. The second-order valence-corrected chi connectivity index (χ2v) is 4.78. The molecule has 0 aromatic rings. The van der Waals surface area contributed by atoms with Gasteiger partial charge in [-0.2, -0.15) is 0 Å². The molecule has 0 spiro atoms. The lowest BCUT2D eigenvalue weighted by atomic mass is 10.1. The highest BCUT2D eigenvalue weighted by atomic mass is 16.3. The number of hydrogen-bond acceptors (Lipinski definition) is 5. The molecule has 21 heavy (non-hydrogen) atoms. The van der Waals surface area contributed by atoms with Crippen molar-refractivity contribution < 1.29 is 24.3 Å². The van der Waals surface area contributed by atoms with Gasteiger partial charge in [-0.1, -0.05) is 0 Å². The third kappa shape index (κ3) is 2.86. The van der Waals surface area contributed by atoms with Gasteiger partial charge in [0.1, 0.15) is 12.3 Å². The monoisotopic (exact) mass is 294 g/mol. The number of aliphatic hydroxyl groups excluding tert-OH is 1. The van der Waals surface area contributed by atoms with Crippen LogP contribution >= 0.6 is 0 Å². The molecule has 0 aliphatic carbocycles. The maximum atomic E-state index is 12.1. The van der Waals surface area contributed by atoms with Crippen LogP contribution in [0.15, 0.2) is 23.0 Å². The number of nitrogens with two attached hydrogens (primary N) is 2. The predicted octanol–water partition coefficient (Wildman–Crippen LogP) is -2.62. The molecule has 2 aliphatic rings. The molecule has 2 rings (SSSR count). The Morgan fingerprint density at radius 3 is 2.24 bits per heavy atom. The van der Waals surface area contributed by atoms with Crippen LogP contribution in [0.4, 0.5) is 0 Å². The predicted molar refractivity (Wildman–Crippen MR) is 69.3 cm³/mol. The third-order valence-corrected chi connectivity index (χ3v) is 3.12. The van der Waals surface area contributed by atoms with Gasteiger partial charge in [-0.15, -0.1) is 0 Å². The summed E-state index contributed by atoms with van der Waals surface area (Å²) in [6, 6.07) is 0. The van der Waals surface area contributed by atoms with E-state index >= 15 is 0 Å². The van der Waals surface area contributed by atoms with Crippen molar-refractivity contribution in [2.24, 2.45) is 11.5 Å². The van der Waals surface area contributed by atoms with E-state index in [0.717, 1.165) is 9.80 Å². The molecule has 9 heteroatoms. The summed E-state index contributed by atoms with van der Waals surface area (Å²) in [5.74, 6) is -2.66. The molecule has 0 saturated carbocycles. The first-order chi connectivity index (χ1) is 9.79. The highest BCUT2D eigenvalue weighted by Crippen LogP contribution is 2.27. The molecule has 0 fully saturated rings. The van der Waals surface area contributed by atoms with E-state index in [1.807, 2.05) is 0 Å². The minimum atomic E-state index is -0.704. The first kappa shape index (κ1) is 14.6. The van der Waals surface area contributed by atoms with Crippen molar-refractivity contribution in [1.29, 1.82) is 0 Å². The van der Waals surface area contributed by atoms with Crippen LogP contribution in [0.1, 0.15) is 0 Å². The van der Waals surface area contributed by atoms with Crippen LogP contribution in [0, 0.1) is 0 Å². The Bertz CT molecular complexity index is 607. The highest BCUT2D eigenvalue weighted by Gasteiger charge is 2.36. The molecule has 0 bridgehead atoms. The molecule has 0 aromatic carbocycles. The van der Waals surface area contributed by atoms with Gasteiger partial charge in [-0.25, -0.2) is 0 Å². The maximum absolute atomic E-state index is 12.1. The Morgan fingerprint density at radius 1 is 1.10 bits per heavy atom. The Morgan fingerprint density at radius 2 is 1.67 bits per heavy atom. The summed E-state index contributed by atoms with van der Waals surface area (Å²) < 4.78 is 0. The molecular weight excluding hydrogens is 280 g/mol. The smallest absolute Gasteiger partial charge is 0.258 e. The standard InChI is InChI=1S/C12H14N4O5/c13-8(18)4-15-2-6(1-10(15)20)11-7(17)3-16(12(11)21)5-9(14)19/h1,17H,2-5H2,(H2,13,18)(H2,14,19). The molecular formula is C12H14N4O5. The van der Waals surface area contributed by atoms with Crippen molar-refractivity contribution in [3.05, 3.63) is 23.0 Å². The molecule has 2 heterocycles. The summed E-state index contributed by atoms with van der Waals surface area (Å²) in [4.78, 5) is 47.7. The summed E-state index contributed by atoms with van der Waals surface area (Å²) in [6.45, 7) is -0.736. The third-order valence-electron chi connectivity index (χ3n) is 3.12. The molecule has 0 saturated heterocycles. The van der Waals surface area contributed by atoms with Gasteiger partial charge in [0, 0.05) is 12.6 Å². The molecule has 0 atom stereocenters. The largest absolute Gasteiger partial charge is 0.510 e. The number of primary amides is 2. The van der Waals surface area contributed by atoms with E-state index in [2.05, 4.69) is 0 Å². The van der Waals surface area contributed by atoms with Crippen LogP contribution in [0.2, 0.25) is 0 Å². The lowest BCUT2D eigenvalue weighted by molar-refractivity contribution is -0.130. The zero-order chi connectivity index (χ0) is 15.7. The van der Waals surface area contributed by atoms with E-state index in [0.29, 0.717) is 0 Å². The normalized spacial score (nSPS) is 18.6. The van der Waals surface area contributed by atoms with Gasteiger partial charge in [-0.05, 0) is 5.57 Å². The van der Waals surface area contributed by atoms with E-state index in [4.69, 9.17) is 11.5 Å². The van der Waals surface area contributed by atoms with Crippen molar-refractivity contribution in [3.8, 4) is 0 Å². The lowest BCUT2D eigenvalue weighted by Crippen LogP contribution is -2.37. The van der Waals surface area contributed by atoms with Crippen molar-refractivity contribution >= 4 is 23.6 Å². The van der Waals surface area contributed by atoms with Gasteiger partial charge in [0.2, 0.25) is 17.7 Å². The number of carbonyl (C=O) groups excluding carboxylic acids is 4. The van der Waals surface area contributed by atoms with Crippen molar-refractivity contribution in [2.45, 2.75) is 0 Å². The van der Waals surface area contributed by atoms with Gasteiger partial charge in [0.25, 0.3) is 5.91 Å². The van der Waals surface area contributed by atoms with E-state index < -0.39 is 23.6 Å². The van der Waals surface area contributed by atoms with E-state index in [1.54, 1.807) is 0 Å². The lowest BCUT2D eigenvalue weighted by Gasteiger charge is -2.15. The fourth-order valence-electron chi connectivity index (χ4n) is 2.29. The topological polar surface area (TPSA) is 147 Å². The summed E-state index contributed by atoms with van der Waals surface area (Å²) in [5, 5.41) is 9.86. The van der Waals surface area contributed by atoms with Gasteiger partial charge in [0.15, 0.2) is 0 Å². The number of hydrogen-bond donors (Lipinski definition) is 3. The minimum Gasteiger partial charge on any atom is -0.510 e. The summed E-state index contributed by atoms with van der Waals surface area (Å²) >= 11 is 0. The highest BCUT2D eigenvalue weighted by molar-refractivity contribution is 6.06.